The first kappa shape index (κ1) is 12.0. The normalized spacial score (nSPS) is 40.4. The molecule has 0 aromatic heterocycles. The van der Waals surface area contributed by atoms with E-state index in [0.717, 1.165) is 17.9 Å². The van der Waals surface area contributed by atoms with E-state index in [1.54, 1.807) is 0 Å². The highest BCUT2D eigenvalue weighted by Gasteiger charge is 2.30. The van der Waals surface area contributed by atoms with Crippen molar-refractivity contribution in [3.05, 3.63) is 0 Å². The molecule has 2 heterocycles. The third-order valence-corrected chi connectivity index (χ3v) is 5.21. The van der Waals surface area contributed by atoms with Crippen LogP contribution in [0.2, 0.25) is 0 Å². The van der Waals surface area contributed by atoms with Crippen LogP contribution in [0, 0.1) is 11.8 Å². The molecule has 3 fully saturated rings. The summed E-state index contributed by atoms with van der Waals surface area (Å²) < 4.78 is 0. The van der Waals surface area contributed by atoms with Gasteiger partial charge in [-0.2, -0.15) is 0 Å². The van der Waals surface area contributed by atoms with E-state index in [1.165, 1.54) is 71.2 Å². The van der Waals surface area contributed by atoms with Gasteiger partial charge in [0.15, 0.2) is 0 Å². The summed E-state index contributed by atoms with van der Waals surface area (Å²) in [7, 11) is 0. The smallest absolute Gasteiger partial charge is 0.0223 e. The molecule has 0 radical (unpaired) electrons. The molecule has 1 aliphatic carbocycles. The van der Waals surface area contributed by atoms with E-state index in [1.807, 2.05) is 0 Å². The van der Waals surface area contributed by atoms with Gasteiger partial charge in [-0.1, -0.05) is 13.3 Å². The summed E-state index contributed by atoms with van der Waals surface area (Å²) >= 11 is 0. The molecule has 0 aromatic rings. The van der Waals surface area contributed by atoms with Crippen LogP contribution in [-0.2, 0) is 0 Å². The molecule has 3 unspecified atom stereocenters. The maximum atomic E-state index is 2.79. The Morgan fingerprint density at radius 3 is 2.71 bits per heavy atom. The highest BCUT2D eigenvalue weighted by Crippen LogP contribution is 2.31. The average Bonchev–Trinajstić information content (AvgIpc) is 2.85. The van der Waals surface area contributed by atoms with Gasteiger partial charge in [-0.15, -0.1) is 0 Å². The monoisotopic (exact) mass is 236 g/mol. The number of nitrogens with zero attached hydrogens (tertiary/aromatic N) is 2. The van der Waals surface area contributed by atoms with Crippen molar-refractivity contribution < 1.29 is 0 Å². The molecule has 2 saturated heterocycles. The Labute approximate surface area is 106 Å². The molecule has 0 aromatic carbocycles. The van der Waals surface area contributed by atoms with E-state index in [-0.39, 0.29) is 0 Å². The summed E-state index contributed by atoms with van der Waals surface area (Å²) in [5.41, 5.74) is 0. The Morgan fingerprint density at radius 1 is 1.00 bits per heavy atom. The third kappa shape index (κ3) is 2.85. The van der Waals surface area contributed by atoms with Gasteiger partial charge in [0.2, 0.25) is 0 Å². The molecule has 2 aliphatic heterocycles. The maximum Gasteiger partial charge on any atom is 0.0223 e. The average molecular weight is 236 g/mol. The molecule has 0 bridgehead atoms. The van der Waals surface area contributed by atoms with E-state index < -0.39 is 0 Å². The second-order valence-corrected chi connectivity index (χ2v) is 6.73. The molecule has 3 aliphatic rings. The highest BCUT2D eigenvalue weighted by atomic mass is 15.3. The van der Waals surface area contributed by atoms with Gasteiger partial charge in [0.1, 0.15) is 0 Å². The minimum absolute atomic E-state index is 0.899. The molecule has 98 valence electrons. The molecule has 17 heavy (non-hydrogen) atoms. The molecular formula is C15H28N2. The molecule has 1 saturated carbocycles. The zero-order chi connectivity index (χ0) is 11.7. The summed E-state index contributed by atoms with van der Waals surface area (Å²) in [4.78, 5) is 5.54. The molecule has 3 rings (SSSR count). The predicted molar refractivity (Wildman–Crippen MR) is 72.2 cm³/mol. The van der Waals surface area contributed by atoms with Crippen LogP contribution in [0.15, 0.2) is 0 Å². The van der Waals surface area contributed by atoms with E-state index in [2.05, 4.69) is 16.7 Å². The number of hydrogen-bond acceptors (Lipinski definition) is 2. The van der Waals surface area contributed by atoms with Gasteiger partial charge in [-0.3, -0.25) is 4.90 Å². The molecule has 2 nitrogen and oxygen atoms in total. The Hall–Kier alpha value is -0.0800. The van der Waals surface area contributed by atoms with Gasteiger partial charge < -0.3 is 4.90 Å². The standard InChI is InChI=1S/C15H28N2/c1-13-5-6-14(10-13)11-16-7-3-9-17-8-2-4-15(17)12-16/h13-15H,2-12H2,1H3. The van der Waals surface area contributed by atoms with Crippen LogP contribution in [-0.4, -0.2) is 48.6 Å². The minimum Gasteiger partial charge on any atom is -0.301 e. The zero-order valence-corrected chi connectivity index (χ0v) is 11.4. The van der Waals surface area contributed by atoms with Crippen molar-refractivity contribution >= 4 is 0 Å². The SMILES string of the molecule is CC1CCC(CN2CCCN3CCCC3C2)C1. The van der Waals surface area contributed by atoms with Gasteiger partial charge in [0.05, 0.1) is 0 Å². The Bertz CT molecular complexity index is 253. The van der Waals surface area contributed by atoms with Crippen LogP contribution >= 0.6 is 0 Å². The Kier molecular flexibility index (Phi) is 3.72. The number of rotatable bonds is 2. The lowest BCUT2D eigenvalue weighted by molar-refractivity contribution is 0.198. The van der Waals surface area contributed by atoms with E-state index in [9.17, 15) is 0 Å². The van der Waals surface area contributed by atoms with Crippen molar-refractivity contribution in [2.24, 2.45) is 11.8 Å². The van der Waals surface area contributed by atoms with Gasteiger partial charge >= 0.3 is 0 Å². The number of fused-ring (bicyclic) bond motifs is 1. The fraction of sp³-hybridized carbons (Fsp3) is 1.00. The lowest BCUT2D eigenvalue weighted by Gasteiger charge is -2.27. The number of hydrogen-bond donors (Lipinski definition) is 0. The molecular weight excluding hydrogens is 208 g/mol. The predicted octanol–water partition coefficient (Wildman–Crippen LogP) is 2.59. The minimum atomic E-state index is 0.899. The van der Waals surface area contributed by atoms with E-state index in [4.69, 9.17) is 0 Å². The molecule has 0 amide bonds. The molecule has 0 N–H and O–H groups in total. The second kappa shape index (κ2) is 5.27. The lowest BCUT2D eigenvalue weighted by Crippen LogP contribution is -2.38. The van der Waals surface area contributed by atoms with Crippen LogP contribution in [0.5, 0.6) is 0 Å². The van der Waals surface area contributed by atoms with Crippen LogP contribution in [0.4, 0.5) is 0 Å². The summed E-state index contributed by atoms with van der Waals surface area (Å²) in [5.74, 6) is 2.01. The topological polar surface area (TPSA) is 6.48 Å². The molecule has 3 atom stereocenters. The summed E-state index contributed by atoms with van der Waals surface area (Å²) in [6.45, 7) is 9.29. The van der Waals surface area contributed by atoms with Crippen molar-refractivity contribution in [1.29, 1.82) is 0 Å². The zero-order valence-electron chi connectivity index (χ0n) is 11.4. The quantitative estimate of drug-likeness (QED) is 0.727. The van der Waals surface area contributed by atoms with Gasteiger partial charge in [-0.05, 0) is 63.6 Å². The largest absolute Gasteiger partial charge is 0.301 e. The summed E-state index contributed by atoms with van der Waals surface area (Å²) in [6.07, 6.45) is 8.76. The van der Waals surface area contributed by atoms with Crippen molar-refractivity contribution in [1.82, 2.24) is 9.80 Å². The first-order valence-electron chi connectivity index (χ1n) is 7.77. The molecule has 0 spiro atoms. The second-order valence-electron chi connectivity index (χ2n) is 6.73. The fourth-order valence-electron chi connectivity index (χ4n) is 4.30. The van der Waals surface area contributed by atoms with Crippen LogP contribution in [0.1, 0.15) is 45.4 Å². The summed E-state index contributed by atoms with van der Waals surface area (Å²) in [6, 6.07) is 0.899. The van der Waals surface area contributed by atoms with Crippen LogP contribution in [0.25, 0.3) is 0 Å². The summed E-state index contributed by atoms with van der Waals surface area (Å²) in [5, 5.41) is 0. The Morgan fingerprint density at radius 2 is 1.88 bits per heavy atom. The van der Waals surface area contributed by atoms with Crippen molar-refractivity contribution in [3.8, 4) is 0 Å². The fourth-order valence-corrected chi connectivity index (χ4v) is 4.30. The highest BCUT2D eigenvalue weighted by molar-refractivity contribution is 4.86. The van der Waals surface area contributed by atoms with Crippen molar-refractivity contribution in [2.75, 3.05) is 32.7 Å². The Balaban J connectivity index is 1.52. The van der Waals surface area contributed by atoms with Gasteiger partial charge in [0, 0.05) is 19.1 Å². The first-order chi connectivity index (χ1) is 8.31. The van der Waals surface area contributed by atoms with Crippen LogP contribution in [0.3, 0.4) is 0 Å². The third-order valence-electron chi connectivity index (χ3n) is 5.21. The van der Waals surface area contributed by atoms with Gasteiger partial charge in [0.25, 0.3) is 0 Å². The van der Waals surface area contributed by atoms with Crippen molar-refractivity contribution in [2.45, 2.75) is 51.5 Å². The lowest BCUT2D eigenvalue weighted by atomic mass is 10.1. The maximum absolute atomic E-state index is 2.79. The van der Waals surface area contributed by atoms with Crippen molar-refractivity contribution in [3.63, 3.8) is 0 Å². The van der Waals surface area contributed by atoms with Gasteiger partial charge in [-0.25, -0.2) is 0 Å². The molecule has 2 heteroatoms. The van der Waals surface area contributed by atoms with E-state index in [0.29, 0.717) is 0 Å². The first-order valence-corrected chi connectivity index (χ1v) is 7.77. The van der Waals surface area contributed by atoms with E-state index >= 15 is 0 Å². The van der Waals surface area contributed by atoms with Crippen LogP contribution < -0.4 is 0 Å².